The Morgan fingerprint density at radius 2 is 1.47 bits per heavy atom. The van der Waals surface area contributed by atoms with Crippen LogP contribution in [0.15, 0.2) is 24.3 Å². The topological polar surface area (TPSA) is 37.4 Å². The molecule has 0 saturated carbocycles. The predicted molar refractivity (Wildman–Crippen MR) is 56.4 cm³/mol. The largest absolute Gasteiger partial charge is 0.269 e. The lowest BCUT2D eigenvalue weighted by atomic mass is 10.1. The smallest absolute Gasteiger partial charge is 0.258 e. The number of benzene rings is 1. The van der Waals surface area contributed by atoms with Crippen LogP contribution in [0.5, 0.6) is 0 Å². The number of anilines is 1. The molecule has 2 amide bonds. The van der Waals surface area contributed by atoms with Crippen molar-refractivity contribution in [3.8, 4) is 0 Å². The zero-order chi connectivity index (χ0) is 11.0. The molecule has 0 aliphatic carbocycles. The molecule has 0 N–H and O–H groups in total. The van der Waals surface area contributed by atoms with E-state index in [1.54, 1.807) is 12.1 Å². The summed E-state index contributed by atoms with van der Waals surface area (Å²) in [6.45, 7) is 3.72. The summed E-state index contributed by atoms with van der Waals surface area (Å²) in [7, 11) is 0. The average molecular weight is 200 g/mol. The lowest BCUT2D eigenvalue weighted by molar-refractivity contribution is -0.120. The van der Waals surface area contributed by atoms with Crippen LogP contribution in [0.3, 0.4) is 0 Å². The van der Waals surface area contributed by atoms with Crippen molar-refractivity contribution < 1.29 is 9.59 Å². The number of amides is 2. The van der Waals surface area contributed by atoms with Gasteiger partial charge >= 0.3 is 0 Å². The zero-order valence-corrected chi connectivity index (χ0v) is 8.57. The molecule has 15 heavy (non-hydrogen) atoms. The fourth-order valence-corrected chi connectivity index (χ4v) is 1.71. The van der Waals surface area contributed by atoms with Crippen molar-refractivity contribution in [3.63, 3.8) is 0 Å². The maximum Gasteiger partial charge on any atom is 0.258 e. The summed E-state index contributed by atoms with van der Waals surface area (Å²) < 4.78 is 0. The second-order valence-corrected chi connectivity index (χ2v) is 3.52. The van der Waals surface area contributed by atoms with Crippen LogP contribution in [0.4, 0.5) is 5.69 Å². The minimum absolute atomic E-state index is 0.280. The molecule has 1 aromatic rings. The number of hydrogen-bond donors (Lipinski definition) is 0. The fourth-order valence-electron chi connectivity index (χ4n) is 1.71. The van der Waals surface area contributed by atoms with Crippen LogP contribution >= 0.6 is 0 Å². The lowest BCUT2D eigenvalue weighted by Gasteiger charge is -2.18. The summed E-state index contributed by atoms with van der Waals surface area (Å²) in [6.07, 6.45) is 2.58. The van der Waals surface area contributed by atoms with E-state index in [0.29, 0.717) is 5.69 Å². The van der Waals surface area contributed by atoms with E-state index in [-0.39, 0.29) is 11.8 Å². The normalized spacial score (nSPS) is 15.2. The molecule has 3 nitrogen and oxygen atoms in total. The molecule has 75 valence electrons. The summed E-state index contributed by atoms with van der Waals surface area (Å²) in [6, 6.07) is 6.48. The molecule has 0 unspecified atom stereocenters. The van der Waals surface area contributed by atoms with Crippen LogP contribution in [-0.4, -0.2) is 11.8 Å². The van der Waals surface area contributed by atoms with E-state index in [0.717, 1.165) is 11.1 Å². The summed E-state index contributed by atoms with van der Waals surface area (Å²) in [5, 5.41) is 0. The van der Waals surface area contributed by atoms with Crippen LogP contribution in [0.25, 0.3) is 0 Å². The molecule has 1 heterocycles. The lowest BCUT2D eigenvalue weighted by Crippen LogP contribution is -2.30. The predicted octanol–water partition coefficient (Wildman–Crippen LogP) is 1.53. The first-order chi connectivity index (χ1) is 7.11. The number of nitrogens with zero attached hydrogens (tertiary/aromatic N) is 1. The van der Waals surface area contributed by atoms with Crippen LogP contribution in [0.2, 0.25) is 0 Å². The van der Waals surface area contributed by atoms with Gasteiger partial charge in [0.1, 0.15) is 0 Å². The highest BCUT2D eigenvalue weighted by Crippen LogP contribution is 2.26. The molecule has 0 aromatic heterocycles. The van der Waals surface area contributed by atoms with Gasteiger partial charge in [-0.05, 0) is 43.2 Å². The highest BCUT2D eigenvalue weighted by molar-refractivity contribution is 6.28. The molecule has 1 aliphatic rings. The van der Waals surface area contributed by atoms with E-state index in [9.17, 15) is 9.59 Å². The molecule has 1 aliphatic heterocycles. The van der Waals surface area contributed by atoms with Gasteiger partial charge in [0.25, 0.3) is 11.8 Å². The first-order valence-corrected chi connectivity index (χ1v) is 4.64. The quantitative estimate of drug-likeness (QED) is 0.645. The third-order valence-corrected chi connectivity index (χ3v) is 2.38. The van der Waals surface area contributed by atoms with Gasteiger partial charge in [-0.2, -0.15) is 0 Å². The zero-order valence-electron chi connectivity index (χ0n) is 8.57. The fraction of sp³-hybridized carbons (Fsp3) is 0.167. The van der Waals surface area contributed by atoms with Crippen molar-refractivity contribution in [3.05, 3.63) is 41.5 Å². The van der Waals surface area contributed by atoms with Gasteiger partial charge in [-0.15, -0.1) is 0 Å². The Morgan fingerprint density at radius 3 is 1.93 bits per heavy atom. The Balaban J connectivity index is 2.55. The summed E-state index contributed by atoms with van der Waals surface area (Å²) in [4.78, 5) is 24.2. The number of imide groups is 1. The van der Waals surface area contributed by atoms with E-state index in [4.69, 9.17) is 0 Å². The Morgan fingerprint density at radius 1 is 1.00 bits per heavy atom. The van der Waals surface area contributed by atoms with Gasteiger partial charge in [-0.3, -0.25) is 9.59 Å². The third kappa shape index (κ3) is 1.46. The summed E-state index contributed by atoms with van der Waals surface area (Å²) >= 11 is 0. The van der Waals surface area contributed by atoms with Crippen molar-refractivity contribution in [2.45, 2.75) is 13.8 Å². The van der Waals surface area contributed by atoms with Gasteiger partial charge in [0.05, 0.1) is 5.69 Å². The highest BCUT2D eigenvalue weighted by Gasteiger charge is 2.27. The van der Waals surface area contributed by atoms with Gasteiger partial charge in [-0.1, -0.05) is 0 Å². The third-order valence-electron chi connectivity index (χ3n) is 2.38. The van der Waals surface area contributed by atoms with Crippen molar-refractivity contribution in [1.29, 1.82) is 0 Å². The van der Waals surface area contributed by atoms with Gasteiger partial charge in [-0.25, -0.2) is 4.90 Å². The maximum atomic E-state index is 11.5. The minimum Gasteiger partial charge on any atom is -0.269 e. The number of hydrogen-bond acceptors (Lipinski definition) is 2. The molecule has 0 fully saturated rings. The molecule has 0 spiro atoms. The summed E-state index contributed by atoms with van der Waals surface area (Å²) in [5.41, 5.74) is 2.43. The molecule has 2 rings (SSSR count). The molecular formula is C12H10NO2. The average Bonchev–Trinajstić information content (AvgIpc) is 2.49. The summed E-state index contributed by atoms with van der Waals surface area (Å²) in [5.74, 6) is -0.560. The van der Waals surface area contributed by atoms with Gasteiger partial charge in [0.15, 0.2) is 0 Å². The molecular weight excluding hydrogens is 190 g/mol. The maximum absolute atomic E-state index is 11.5. The van der Waals surface area contributed by atoms with Crippen LogP contribution in [0.1, 0.15) is 11.1 Å². The Hall–Kier alpha value is -1.90. The molecule has 1 radical (unpaired) electrons. The Bertz CT molecular complexity index is 436. The Labute approximate surface area is 88.0 Å². The Kier molecular flexibility index (Phi) is 2.15. The van der Waals surface area contributed by atoms with Crippen molar-refractivity contribution >= 4 is 17.5 Å². The molecule has 0 saturated heterocycles. The van der Waals surface area contributed by atoms with Crippen LogP contribution < -0.4 is 4.90 Å². The van der Waals surface area contributed by atoms with Crippen LogP contribution in [-0.2, 0) is 9.59 Å². The number of aryl methyl sites for hydroxylation is 2. The van der Waals surface area contributed by atoms with Gasteiger partial charge < -0.3 is 0 Å². The SMILES string of the molecule is Cc1c[c]cc(C)c1N1C(=O)C=CC1=O. The first-order valence-electron chi connectivity index (χ1n) is 4.64. The number of carbonyl (C=O) groups excluding carboxylic acids is 2. The van der Waals surface area contributed by atoms with Crippen molar-refractivity contribution in [1.82, 2.24) is 0 Å². The molecule has 0 bridgehead atoms. The van der Waals surface area contributed by atoms with E-state index in [1.807, 2.05) is 13.8 Å². The van der Waals surface area contributed by atoms with E-state index in [1.165, 1.54) is 17.1 Å². The molecule has 1 aromatic carbocycles. The van der Waals surface area contributed by atoms with E-state index in [2.05, 4.69) is 6.07 Å². The standard InChI is InChI=1S/C12H10NO2/c1-8-4-3-5-9(2)12(8)13-10(14)6-7-11(13)15/h4-7H,1-2H3. The number of rotatable bonds is 1. The minimum atomic E-state index is -0.280. The van der Waals surface area contributed by atoms with Gasteiger partial charge in [0, 0.05) is 12.2 Å². The second kappa shape index (κ2) is 3.35. The van der Waals surface area contributed by atoms with Crippen LogP contribution in [0, 0.1) is 19.9 Å². The first kappa shape index (κ1) is 9.65. The van der Waals surface area contributed by atoms with Gasteiger partial charge in [0.2, 0.25) is 0 Å². The van der Waals surface area contributed by atoms with E-state index >= 15 is 0 Å². The number of carbonyl (C=O) groups is 2. The molecule has 3 heteroatoms. The van der Waals surface area contributed by atoms with Crippen molar-refractivity contribution in [2.75, 3.05) is 4.90 Å². The second-order valence-electron chi connectivity index (χ2n) is 3.52. The van der Waals surface area contributed by atoms with Crippen molar-refractivity contribution in [2.24, 2.45) is 0 Å². The monoisotopic (exact) mass is 200 g/mol. The van der Waals surface area contributed by atoms with E-state index < -0.39 is 0 Å². The highest BCUT2D eigenvalue weighted by atomic mass is 16.2. The molecule has 0 atom stereocenters.